The minimum atomic E-state index is -1.43. The first-order valence-corrected chi connectivity index (χ1v) is 11.3. The van der Waals surface area contributed by atoms with Gasteiger partial charge in [0.25, 0.3) is 0 Å². The number of rotatable bonds is 1. The first-order valence-electron chi connectivity index (χ1n) is 10.5. The van der Waals surface area contributed by atoms with E-state index in [9.17, 15) is 10.0 Å². The lowest BCUT2D eigenvalue weighted by Crippen LogP contribution is -2.30. The van der Waals surface area contributed by atoms with Gasteiger partial charge in [0.2, 0.25) is 0 Å². The van der Waals surface area contributed by atoms with Gasteiger partial charge in [0.15, 0.2) is 0 Å². The van der Waals surface area contributed by atoms with E-state index < -0.39 is 7.12 Å². The molecule has 0 aromatic heterocycles. The van der Waals surface area contributed by atoms with E-state index in [-0.39, 0.29) is 0 Å². The lowest BCUT2D eigenvalue weighted by molar-refractivity contribution is 0.426. The van der Waals surface area contributed by atoms with Crippen LogP contribution >= 0.6 is 15.9 Å². The van der Waals surface area contributed by atoms with Gasteiger partial charge in [-0.25, -0.2) is 0 Å². The van der Waals surface area contributed by atoms with Gasteiger partial charge in [-0.05, 0) is 54.6 Å². The quantitative estimate of drug-likeness (QED) is 0.211. The zero-order chi connectivity index (χ0) is 22.1. The van der Waals surface area contributed by atoms with Crippen LogP contribution in [0, 0.1) is 0 Å². The summed E-state index contributed by atoms with van der Waals surface area (Å²) in [4.78, 5) is 0. The van der Waals surface area contributed by atoms with Crippen molar-refractivity contribution in [3.8, 4) is 0 Å². The molecule has 2 N–H and O–H groups in total. The van der Waals surface area contributed by atoms with Gasteiger partial charge in [-0.2, -0.15) is 0 Å². The van der Waals surface area contributed by atoms with Gasteiger partial charge < -0.3 is 10.0 Å². The van der Waals surface area contributed by atoms with Crippen molar-refractivity contribution in [2.75, 3.05) is 0 Å². The molecule has 6 aromatic carbocycles. The van der Waals surface area contributed by atoms with Gasteiger partial charge in [-0.3, -0.25) is 0 Å². The smallest absolute Gasteiger partial charge is 0.423 e. The lowest BCUT2D eigenvalue weighted by atomic mass is 9.77. The van der Waals surface area contributed by atoms with Crippen LogP contribution in [0.25, 0.3) is 43.1 Å². The second-order valence-corrected chi connectivity index (χ2v) is 8.58. The summed E-state index contributed by atoms with van der Waals surface area (Å²) in [5.74, 6) is 0. The summed E-state index contributed by atoms with van der Waals surface area (Å²) in [7, 11) is -1.43. The van der Waals surface area contributed by atoms with E-state index in [1.54, 1.807) is 6.07 Å². The standard InChI is InChI=1S/C14H11BO2.C14H9Br/c16-15(17)14-7-3-6-12-11-5-2-1-4-10(11)8-9-13(12)14;15-14-7-3-6-12-11-5-2-1-4-10(11)8-9-13(12)14/h1-9,16-17H;1-9H. The van der Waals surface area contributed by atoms with Crippen LogP contribution in [0.15, 0.2) is 114 Å². The summed E-state index contributed by atoms with van der Waals surface area (Å²) >= 11 is 3.58. The van der Waals surface area contributed by atoms with E-state index in [2.05, 4.69) is 76.6 Å². The van der Waals surface area contributed by atoms with Crippen molar-refractivity contribution in [2.45, 2.75) is 0 Å². The largest absolute Gasteiger partial charge is 0.489 e. The molecule has 0 aliphatic carbocycles. The third kappa shape index (κ3) is 3.78. The van der Waals surface area contributed by atoms with Crippen molar-refractivity contribution >= 4 is 71.6 Å². The summed E-state index contributed by atoms with van der Waals surface area (Å²) in [6.45, 7) is 0. The zero-order valence-electron chi connectivity index (χ0n) is 17.2. The SMILES string of the molecule is Brc1cccc2c1ccc1ccccc12.OB(O)c1cccc2c1ccc1ccccc12. The number of fused-ring (bicyclic) bond motifs is 6. The predicted molar refractivity (Wildman–Crippen MR) is 140 cm³/mol. The van der Waals surface area contributed by atoms with E-state index in [0.29, 0.717) is 5.46 Å². The second kappa shape index (κ2) is 8.75. The number of hydrogen-bond acceptors (Lipinski definition) is 2. The first-order chi connectivity index (χ1) is 15.6. The Morgan fingerprint density at radius 2 is 0.938 bits per heavy atom. The van der Waals surface area contributed by atoms with E-state index in [1.807, 2.05) is 42.5 Å². The Morgan fingerprint density at radius 1 is 0.438 bits per heavy atom. The molecular formula is C28H20BBrO2. The fourth-order valence-electron chi connectivity index (χ4n) is 4.29. The third-order valence-corrected chi connectivity index (χ3v) is 6.52. The molecule has 32 heavy (non-hydrogen) atoms. The van der Waals surface area contributed by atoms with E-state index >= 15 is 0 Å². The topological polar surface area (TPSA) is 40.5 Å². The summed E-state index contributed by atoms with van der Waals surface area (Å²) in [6.07, 6.45) is 0. The molecule has 0 saturated heterocycles. The van der Waals surface area contributed by atoms with Gasteiger partial charge >= 0.3 is 7.12 Å². The van der Waals surface area contributed by atoms with Crippen LogP contribution in [0.1, 0.15) is 0 Å². The van der Waals surface area contributed by atoms with Gasteiger partial charge in [0.1, 0.15) is 0 Å². The monoisotopic (exact) mass is 478 g/mol. The van der Waals surface area contributed by atoms with E-state index in [4.69, 9.17) is 0 Å². The van der Waals surface area contributed by atoms with Gasteiger partial charge in [0.05, 0.1) is 0 Å². The molecule has 2 nitrogen and oxygen atoms in total. The molecule has 0 heterocycles. The van der Waals surface area contributed by atoms with E-state index in [1.165, 1.54) is 21.5 Å². The van der Waals surface area contributed by atoms with Gasteiger partial charge in [-0.15, -0.1) is 0 Å². The third-order valence-electron chi connectivity index (χ3n) is 5.83. The molecule has 0 aliphatic heterocycles. The minimum Gasteiger partial charge on any atom is -0.423 e. The number of benzene rings is 6. The summed E-state index contributed by atoms with van der Waals surface area (Å²) < 4.78 is 1.16. The Bertz CT molecular complexity index is 1580. The van der Waals surface area contributed by atoms with Crippen LogP contribution in [0.2, 0.25) is 0 Å². The summed E-state index contributed by atoms with van der Waals surface area (Å²) in [6, 6.07) is 36.8. The molecule has 0 fully saturated rings. The van der Waals surface area contributed by atoms with Gasteiger partial charge in [-0.1, -0.05) is 119 Å². The van der Waals surface area contributed by atoms with Crippen LogP contribution in [-0.4, -0.2) is 17.2 Å². The summed E-state index contributed by atoms with van der Waals surface area (Å²) in [5.41, 5.74) is 0.549. The first kappa shape index (κ1) is 20.7. The summed E-state index contributed by atoms with van der Waals surface area (Å²) in [5, 5.41) is 28.1. The maximum Gasteiger partial charge on any atom is 0.489 e. The van der Waals surface area contributed by atoms with Crippen molar-refractivity contribution in [3.63, 3.8) is 0 Å². The second-order valence-electron chi connectivity index (χ2n) is 7.72. The Morgan fingerprint density at radius 3 is 1.56 bits per heavy atom. The van der Waals surface area contributed by atoms with Gasteiger partial charge in [0, 0.05) is 4.47 Å². The molecule has 0 bridgehead atoms. The molecule has 0 unspecified atom stereocenters. The highest BCUT2D eigenvalue weighted by Gasteiger charge is 2.14. The van der Waals surface area contributed by atoms with Crippen molar-refractivity contribution in [3.05, 3.63) is 114 Å². The molecule has 0 aliphatic rings. The Labute approximate surface area is 195 Å². The average molecular weight is 479 g/mol. The van der Waals surface area contributed by atoms with Crippen molar-refractivity contribution < 1.29 is 10.0 Å². The Hall–Kier alpha value is -3.18. The molecule has 4 heteroatoms. The molecular weight excluding hydrogens is 459 g/mol. The van der Waals surface area contributed by atoms with Crippen LogP contribution < -0.4 is 5.46 Å². The normalized spacial score (nSPS) is 11.0. The molecule has 0 amide bonds. The molecule has 0 radical (unpaired) electrons. The fourth-order valence-corrected chi connectivity index (χ4v) is 4.79. The number of hydrogen-bond donors (Lipinski definition) is 2. The molecule has 0 saturated carbocycles. The molecule has 6 aromatic rings. The highest BCUT2D eigenvalue weighted by Crippen LogP contribution is 2.30. The Balaban J connectivity index is 0.000000136. The van der Waals surface area contributed by atoms with Crippen LogP contribution in [0.5, 0.6) is 0 Å². The maximum absolute atomic E-state index is 9.35. The van der Waals surface area contributed by atoms with Crippen LogP contribution in [-0.2, 0) is 0 Å². The molecule has 0 atom stereocenters. The zero-order valence-corrected chi connectivity index (χ0v) is 18.8. The van der Waals surface area contributed by atoms with Crippen molar-refractivity contribution in [1.29, 1.82) is 0 Å². The fraction of sp³-hybridized carbons (Fsp3) is 0. The molecule has 0 spiro atoms. The van der Waals surface area contributed by atoms with Crippen LogP contribution in [0.4, 0.5) is 0 Å². The van der Waals surface area contributed by atoms with Crippen molar-refractivity contribution in [1.82, 2.24) is 0 Å². The molecule has 6 rings (SSSR count). The molecule has 154 valence electrons. The minimum absolute atomic E-state index is 0.549. The number of halogens is 1. The Kier molecular flexibility index (Phi) is 5.67. The highest BCUT2D eigenvalue weighted by molar-refractivity contribution is 9.10. The van der Waals surface area contributed by atoms with E-state index in [0.717, 1.165) is 26.0 Å². The van der Waals surface area contributed by atoms with Crippen LogP contribution in [0.3, 0.4) is 0 Å². The highest BCUT2D eigenvalue weighted by atomic mass is 79.9. The van der Waals surface area contributed by atoms with Crippen molar-refractivity contribution in [2.24, 2.45) is 0 Å². The predicted octanol–water partition coefficient (Wildman–Crippen LogP) is 6.43. The lowest BCUT2D eigenvalue weighted by Gasteiger charge is -2.08. The maximum atomic E-state index is 9.35. The average Bonchev–Trinajstić information content (AvgIpc) is 2.84.